The number of hydrogen-bond donors (Lipinski definition) is 1. The molecule has 0 radical (unpaired) electrons. The highest BCUT2D eigenvalue weighted by atomic mass is 79.9. The smallest absolute Gasteiger partial charge is 0.255 e. The third-order valence-electron chi connectivity index (χ3n) is 3.80. The van der Waals surface area contributed by atoms with Gasteiger partial charge in [-0.05, 0) is 42.0 Å². The molecule has 0 bridgehead atoms. The van der Waals surface area contributed by atoms with Gasteiger partial charge in [0.25, 0.3) is 5.91 Å². The monoisotopic (exact) mass is 374 g/mol. The quantitative estimate of drug-likeness (QED) is 0.889. The SMILES string of the molecule is O=C(Nc1ccc(Br)cc1)c1cccc(CN2CCOCC2)c1. The molecule has 2 aromatic rings. The number of hydrogen-bond acceptors (Lipinski definition) is 3. The number of morpholine rings is 1. The number of amides is 1. The molecule has 1 aliphatic rings. The van der Waals surface area contributed by atoms with E-state index in [-0.39, 0.29) is 5.91 Å². The Labute approximate surface area is 144 Å². The Morgan fingerprint density at radius 1 is 1.13 bits per heavy atom. The first-order chi connectivity index (χ1) is 11.2. The number of rotatable bonds is 4. The first-order valence-electron chi connectivity index (χ1n) is 7.67. The van der Waals surface area contributed by atoms with Gasteiger partial charge in [0, 0.05) is 35.4 Å². The maximum absolute atomic E-state index is 12.4. The van der Waals surface area contributed by atoms with Crippen LogP contribution in [0.3, 0.4) is 0 Å². The van der Waals surface area contributed by atoms with Gasteiger partial charge in [-0.1, -0.05) is 28.1 Å². The van der Waals surface area contributed by atoms with Crippen LogP contribution in [-0.2, 0) is 11.3 Å². The van der Waals surface area contributed by atoms with E-state index < -0.39 is 0 Å². The number of benzene rings is 2. The number of halogens is 1. The summed E-state index contributed by atoms with van der Waals surface area (Å²) in [5, 5.41) is 2.92. The lowest BCUT2D eigenvalue weighted by molar-refractivity contribution is 0.0342. The number of nitrogens with zero attached hydrogens (tertiary/aromatic N) is 1. The summed E-state index contributed by atoms with van der Waals surface area (Å²) in [6.07, 6.45) is 0. The summed E-state index contributed by atoms with van der Waals surface area (Å²) in [6.45, 7) is 4.29. The summed E-state index contributed by atoms with van der Waals surface area (Å²) in [7, 11) is 0. The molecule has 0 atom stereocenters. The molecular weight excluding hydrogens is 356 g/mol. The molecule has 0 unspecified atom stereocenters. The molecule has 0 aliphatic carbocycles. The number of carbonyl (C=O) groups is 1. The van der Waals surface area contributed by atoms with E-state index in [1.54, 1.807) is 0 Å². The van der Waals surface area contributed by atoms with E-state index in [0.29, 0.717) is 5.56 Å². The standard InChI is InChI=1S/C18H19BrN2O2/c19-16-4-6-17(7-5-16)20-18(22)15-3-1-2-14(12-15)13-21-8-10-23-11-9-21/h1-7,12H,8-11,13H2,(H,20,22). The Hall–Kier alpha value is -1.69. The van der Waals surface area contributed by atoms with Crippen molar-refractivity contribution in [3.8, 4) is 0 Å². The van der Waals surface area contributed by atoms with Crippen LogP contribution in [0.1, 0.15) is 15.9 Å². The molecule has 0 spiro atoms. The van der Waals surface area contributed by atoms with Gasteiger partial charge in [-0.15, -0.1) is 0 Å². The summed E-state index contributed by atoms with van der Waals surface area (Å²) in [4.78, 5) is 14.7. The molecule has 1 fully saturated rings. The van der Waals surface area contributed by atoms with Gasteiger partial charge >= 0.3 is 0 Å². The lowest BCUT2D eigenvalue weighted by atomic mass is 10.1. The van der Waals surface area contributed by atoms with Crippen molar-refractivity contribution >= 4 is 27.5 Å². The minimum atomic E-state index is -0.0869. The topological polar surface area (TPSA) is 41.6 Å². The summed E-state index contributed by atoms with van der Waals surface area (Å²) < 4.78 is 6.35. The van der Waals surface area contributed by atoms with Gasteiger partial charge in [0.1, 0.15) is 0 Å². The van der Waals surface area contributed by atoms with Crippen LogP contribution >= 0.6 is 15.9 Å². The summed E-state index contributed by atoms with van der Waals surface area (Å²) in [5.41, 5.74) is 2.62. The molecule has 5 heteroatoms. The van der Waals surface area contributed by atoms with Crippen LogP contribution in [0.25, 0.3) is 0 Å². The average molecular weight is 375 g/mol. The molecule has 0 saturated carbocycles. The second kappa shape index (κ2) is 7.73. The van der Waals surface area contributed by atoms with Gasteiger partial charge in [-0.25, -0.2) is 0 Å². The number of nitrogens with one attached hydrogen (secondary N) is 1. The van der Waals surface area contributed by atoms with Crippen LogP contribution in [0.2, 0.25) is 0 Å². The molecule has 1 amide bonds. The molecule has 0 aromatic heterocycles. The number of ether oxygens (including phenoxy) is 1. The van der Waals surface area contributed by atoms with Crippen LogP contribution in [-0.4, -0.2) is 37.1 Å². The van der Waals surface area contributed by atoms with Crippen molar-refractivity contribution < 1.29 is 9.53 Å². The molecule has 1 heterocycles. The van der Waals surface area contributed by atoms with E-state index >= 15 is 0 Å². The highest BCUT2D eigenvalue weighted by Crippen LogP contribution is 2.16. The van der Waals surface area contributed by atoms with Crippen molar-refractivity contribution in [1.29, 1.82) is 0 Å². The lowest BCUT2D eigenvalue weighted by Gasteiger charge is -2.26. The molecule has 1 N–H and O–H groups in total. The van der Waals surface area contributed by atoms with Crippen LogP contribution in [0.15, 0.2) is 53.0 Å². The summed E-state index contributed by atoms with van der Waals surface area (Å²) in [6, 6.07) is 15.4. The van der Waals surface area contributed by atoms with Crippen molar-refractivity contribution in [2.45, 2.75) is 6.54 Å². The van der Waals surface area contributed by atoms with Gasteiger partial charge in [0.15, 0.2) is 0 Å². The van der Waals surface area contributed by atoms with Gasteiger partial charge < -0.3 is 10.1 Å². The fourth-order valence-corrected chi connectivity index (χ4v) is 2.83. The van der Waals surface area contributed by atoms with Gasteiger partial charge in [-0.2, -0.15) is 0 Å². The maximum atomic E-state index is 12.4. The van der Waals surface area contributed by atoms with E-state index in [2.05, 4.69) is 32.2 Å². The Morgan fingerprint density at radius 2 is 1.87 bits per heavy atom. The van der Waals surface area contributed by atoms with Crippen molar-refractivity contribution in [3.63, 3.8) is 0 Å². The van der Waals surface area contributed by atoms with Gasteiger partial charge in [0.2, 0.25) is 0 Å². The van der Waals surface area contributed by atoms with Crippen molar-refractivity contribution in [1.82, 2.24) is 4.90 Å². The number of anilines is 1. The predicted molar refractivity (Wildman–Crippen MR) is 94.6 cm³/mol. The first-order valence-corrected chi connectivity index (χ1v) is 8.46. The molecule has 4 nitrogen and oxygen atoms in total. The molecule has 2 aromatic carbocycles. The van der Waals surface area contributed by atoms with Crippen molar-refractivity contribution in [2.24, 2.45) is 0 Å². The maximum Gasteiger partial charge on any atom is 0.255 e. The minimum Gasteiger partial charge on any atom is -0.379 e. The summed E-state index contributed by atoms with van der Waals surface area (Å²) >= 11 is 3.39. The molecule has 3 rings (SSSR count). The van der Waals surface area contributed by atoms with Crippen molar-refractivity contribution in [3.05, 3.63) is 64.1 Å². The van der Waals surface area contributed by atoms with Crippen LogP contribution in [0, 0.1) is 0 Å². The van der Waals surface area contributed by atoms with E-state index in [1.807, 2.05) is 42.5 Å². The molecule has 23 heavy (non-hydrogen) atoms. The Morgan fingerprint density at radius 3 is 2.61 bits per heavy atom. The molecule has 1 aliphatic heterocycles. The second-order valence-corrected chi connectivity index (χ2v) is 6.47. The average Bonchev–Trinajstić information content (AvgIpc) is 2.58. The highest BCUT2D eigenvalue weighted by molar-refractivity contribution is 9.10. The van der Waals surface area contributed by atoms with Crippen molar-refractivity contribution in [2.75, 3.05) is 31.6 Å². The fraction of sp³-hybridized carbons (Fsp3) is 0.278. The second-order valence-electron chi connectivity index (χ2n) is 5.55. The van der Waals surface area contributed by atoms with E-state index in [1.165, 1.54) is 0 Å². The predicted octanol–water partition coefficient (Wildman–Crippen LogP) is 3.53. The highest BCUT2D eigenvalue weighted by Gasteiger charge is 2.12. The third-order valence-corrected chi connectivity index (χ3v) is 4.33. The number of carbonyl (C=O) groups excluding carboxylic acids is 1. The largest absolute Gasteiger partial charge is 0.379 e. The molecule has 1 saturated heterocycles. The zero-order valence-corrected chi connectivity index (χ0v) is 14.4. The lowest BCUT2D eigenvalue weighted by Crippen LogP contribution is -2.35. The normalized spacial score (nSPS) is 15.3. The Bertz CT molecular complexity index is 667. The zero-order valence-electron chi connectivity index (χ0n) is 12.8. The molecule has 120 valence electrons. The summed E-state index contributed by atoms with van der Waals surface area (Å²) in [5.74, 6) is -0.0869. The first kappa shape index (κ1) is 16.2. The van der Waals surface area contributed by atoms with Gasteiger partial charge in [0.05, 0.1) is 13.2 Å². The van der Waals surface area contributed by atoms with E-state index in [0.717, 1.165) is 48.6 Å². The van der Waals surface area contributed by atoms with E-state index in [4.69, 9.17) is 4.74 Å². The minimum absolute atomic E-state index is 0.0869. The third kappa shape index (κ3) is 4.64. The zero-order chi connectivity index (χ0) is 16.1. The van der Waals surface area contributed by atoms with Crippen LogP contribution in [0.5, 0.6) is 0 Å². The van der Waals surface area contributed by atoms with E-state index in [9.17, 15) is 4.79 Å². The fourth-order valence-electron chi connectivity index (χ4n) is 2.56. The van der Waals surface area contributed by atoms with Gasteiger partial charge in [-0.3, -0.25) is 9.69 Å². The Balaban J connectivity index is 1.66. The van der Waals surface area contributed by atoms with Crippen LogP contribution in [0.4, 0.5) is 5.69 Å². The molecular formula is C18H19BrN2O2. The van der Waals surface area contributed by atoms with Crippen LogP contribution < -0.4 is 5.32 Å². The Kier molecular flexibility index (Phi) is 5.43.